The molecule has 0 spiro atoms. The number of methoxy groups -OCH3 is 1. The Morgan fingerprint density at radius 3 is 2.62 bits per heavy atom. The van der Waals surface area contributed by atoms with E-state index in [9.17, 15) is 4.79 Å². The molecule has 0 aliphatic carbocycles. The van der Waals surface area contributed by atoms with E-state index in [2.05, 4.69) is 27.6 Å². The summed E-state index contributed by atoms with van der Waals surface area (Å²) in [5.41, 5.74) is 1.75. The zero-order valence-electron chi connectivity index (χ0n) is 19.1. The van der Waals surface area contributed by atoms with E-state index in [-0.39, 0.29) is 11.0 Å². The van der Waals surface area contributed by atoms with Crippen LogP contribution >= 0.6 is 15.9 Å². The molecule has 0 saturated heterocycles. The number of halogens is 1. The van der Waals surface area contributed by atoms with Gasteiger partial charge in [-0.25, -0.2) is 4.98 Å². The fourth-order valence-electron chi connectivity index (χ4n) is 3.43. The lowest BCUT2D eigenvalue weighted by Crippen LogP contribution is -2.29. The Bertz CT molecular complexity index is 1240. The number of hydrogen-bond donors (Lipinski definition) is 0. The fraction of sp³-hybridized carbons (Fsp3) is 0.320. The van der Waals surface area contributed by atoms with Crippen LogP contribution in [-0.2, 0) is 11.8 Å². The summed E-state index contributed by atoms with van der Waals surface area (Å²) in [6, 6.07) is 9.29. The summed E-state index contributed by atoms with van der Waals surface area (Å²) in [6.07, 6.45) is 4.07. The van der Waals surface area contributed by atoms with Crippen molar-refractivity contribution in [2.75, 3.05) is 13.7 Å². The van der Waals surface area contributed by atoms with E-state index in [4.69, 9.17) is 14.5 Å². The second-order valence-corrected chi connectivity index (χ2v) is 9.26. The topological polar surface area (TPSA) is 65.7 Å². The van der Waals surface area contributed by atoms with Gasteiger partial charge in [0.25, 0.3) is 5.56 Å². The summed E-state index contributed by atoms with van der Waals surface area (Å²) < 4.78 is 13.5. The van der Waals surface area contributed by atoms with Crippen molar-refractivity contribution in [3.8, 4) is 11.5 Å². The maximum Gasteiger partial charge on any atom is 0.282 e. The highest BCUT2D eigenvalue weighted by atomic mass is 79.9. The summed E-state index contributed by atoms with van der Waals surface area (Å²) in [6.45, 7) is 12.3. The van der Waals surface area contributed by atoms with Crippen molar-refractivity contribution >= 4 is 33.0 Å². The molecule has 7 heteroatoms. The lowest BCUT2D eigenvalue weighted by Gasteiger charge is -2.21. The molecule has 168 valence electrons. The van der Waals surface area contributed by atoms with Crippen molar-refractivity contribution in [3.05, 3.63) is 74.8 Å². The molecule has 0 aliphatic rings. The van der Waals surface area contributed by atoms with Crippen molar-refractivity contribution < 1.29 is 9.47 Å². The Balaban J connectivity index is 2.20. The Kier molecular flexibility index (Phi) is 7.19. The Labute approximate surface area is 196 Å². The molecule has 3 aromatic rings. The zero-order chi connectivity index (χ0) is 23.5. The third-order valence-corrected chi connectivity index (χ3v) is 5.32. The van der Waals surface area contributed by atoms with Gasteiger partial charge in [0, 0.05) is 15.5 Å². The molecule has 1 aromatic heterocycles. The third-order valence-electron chi connectivity index (χ3n) is 4.82. The summed E-state index contributed by atoms with van der Waals surface area (Å²) in [4.78, 5) is 18.1. The molecule has 6 nitrogen and oxygen atoms in total. The predicted octanol–water partition coefficient (Wildman–Crippen LogP) is 5.47. The molecule has 0 saturated carbocycles. The van der Waals surface area contributed by atoms with Crippen LogP contribution in [-0.4, -0.2) is 29.6 Å². The average molecular weight is 498 g/mol. The first-order valence-corrected chi connectivity index (χ1v) is 11.2. The van der Waals surface area contributed by atoms with E-state index in [0.717, 1.165) is 15.6 Å². The number of fused-ring (bicyclic) bond motifs is 1. The molecular formula is C25H28BrN3O3. The Hall–Kier alpha value is -2.93. The number of aromatic nitrogens is 2. The summed E-state index contributed by atoms with van der Waals surface area (Å²) >= 11 is 3.44. The second kappa shape index (κ2) is 9.69. The zero-order valence-corrected chi connectivity index (χ0v) is 20.7. The summed E-state index contributed by atoms with van der Waals surface area (Å²) in [5, 5.41) is 5.06. The van der Waals surface area contributed by atoms with Gasteiger partial charge in [-0.15, -0.1) is 6.58 Å². The SMILES string of the molecule is C=CCc1cc(C=Nn2c(C(C)(C)C)nc3ccc(Br)cc3c2=O)cc(OCC)c1OC. The molecule has 0 fully saturated rings. The second-order valence-electron chi connectivity index (χ2n) is 8.35. The van der Waals surface area contributed by atoms with Gasteiger partial charge in [-0.3, -0.25) is 4.79 Å². The van der Waals surface area contributed by atoms with Crippen LogP contribution in [0.15, 0.2) is 57.4 Å². The molecule has 0 atom stereocenters. The van der Waals surface area contributed by atoms with Gasteiger partial charge in [0.1, 0.15) is 5.82 Å². The minimum Gasteiger partial charge on any atom is -0.493 e. The number of rotatable bonds is 7. The minimum atomic E-state index is -0.387. The average Bonchev–Trinajstić information content (AvgIpc) is 2.73. The molecule has 32 heavy (non-hydrogen) atoms. The number of nitrogens with zero attached hydrogens (tertiary/aromatic N) is 3. The monoisotopic (exact) mass is 497 g/mol. The van der Waals surface area contributed by atoms with Gasteiger partial charge in [-0.1, -0.05) is 42.8 Å². The number of ether oxygens (including phenoxy) is 2. The molecule has 0 N–H and O–H groups in total. The first-order chi connectivity index (χ1) is 15.2. The normalized spacial score (nSPS) is 11.8. The molecule has 0 radical (unpaired) electrons. The van der Waals surface area contributed by atoms with Crippen LogP contribution in [0.25, 0.3) is 10.9 Å². The number of benzene rings is 2. The highest BCUT2D eigenvalue weighted by Gasteiger charge is 2.23. The minimum absolute atomic E-state index is 0.220. The highest BCUT2D eigenvalue weighted by molar-refractivity contribution is 9.10. The van der Waals surface area contributed by atoms with Crippen LogP contribution in [0, 0.1) is 0 Å². The fourth-order valence-corrected chi connectivity index (χ4v) is 3.79. The highest BCUT2D eigenvalue weighted by Crippen LogP contribution is 2.33. The molecule has 0 unspecified atom stereocenters. The molecule has 1 heterocycles. The smallest absolute Gasteiger partial charge is 0.282 e. The largest absolute Gasteiger partial charge is 0.493 e. The van der Waals surface area contributed by atoms with Crippen LogP contribution in [0.5, 0.6) is 11.5 Å². The molecular weight excluding hydrogens is 470 g/mol. The van der Waals surface area contributed by atoms with Crippen LogP contribution < -0.4 is 15.0 Å². The van der Waals surface area contributed by atoms with Crippen molar-refractivity contribution in [3.63, 3.8) is 0 Å². The van der Waals surface area contributed by atoms with Crippen molar-refractivity contribution in [2.45, 2.75) is 39.5 Å². The molecule has 0 bridgehead atoms. The van der Waals surface area contributed by atoms with Crippen molar-refractivity contribution in [2.24, 2.45) is 5.10 Å². The Morgan fingerprint density at radius 2 is 2.00 bits per heavy atom. The van der Waals surface area contributed by atoms with Gasteiger partial charge < -0.3 is 9.47 Å². The predicted molar refractivity (Wildman–Crippen MR) is 133 cm³/mol. The van der Waals surface area contributed by atoms with Gasteiger partial charge in [-0.05, 0) is 49.2 Å². The number of allylic oxidation sites excluding steroid dienone is 1. The van der Waals surface area contributed by atoms with Crippen LogP contribution in [0.3, 0.4) is 0 Å². The maximum absolute atomic E-state index is 13.3. The van der Waals surface area contributed by atoms with E-state index >= 15 is 0 Å². The van der Waals surface area contributed by atoms with E-state index in [1.165, 1.54) is 4.68 Å². The van der Waals surface area contributed by atoms with E-state index in [1.807, 2.05) is 58.0 Å². The Morgan fingerprint density at radius 1 is 1.25 bits per heavy atom. The maximum atomic E-state index is 13.3. The third kappa shape index (κ3) is 4.93. The summed E-state index contributed by atoms with van der Waals surface area (Å²) in [5.74, 6) is 1.88. The standard InChI is InChI=1S/C25H28BrN3O3/c1-7-9-17-12-16(13-21(32-8-2)22(17)31-6)15-27-29-23(30)19-14-18(26)10-11-20(19)28-24(29)25(3,4)5/h7,10-15H,1,8-9H2,2-6H3. The first-order valence-electron chi connectivity index (χ1n) is 10.4. The van der Waals surface area contributed by atoms with E-state index < -0.39 is 0 Å². The number of hydrogen-bond acceptors (Lipinski definition) is 5. The van der Waals surface area contributed by atoms with Gasteiger partial charge in [0.15, 0.2) is 11.5 Å². The van der Waals surface area contributed by atoms with Gasteiger partial charge in [-0.2, -0.15) is 9.78 Å². The van der Waals surface area contributed by atoms with E-state index in [1.54, 1.807) is 19.4 Å². The molecule has 3 rings (SSSR count). The van der Waals surface area contributed by atoms with Crippen molar-refractivity contribution in [1.29, 1.82) is 0 Å². The van der Waals surface area contributed by atoms with Crippen molar-refractivity contribution in [1.82, 2.24) is 9.66 Å². The molecule has 2 aromatic carbocycles. The lowest BCUT2D eigenvalue weighted by molar-refractivity contribution is 0.309. The van der Waals surface area contributed by atoms with Crippen LogP contribution in [0.2, 0.25) is 0 Å². The van der Waals surface area contributed by atoms with Gasteiger partial charge >= 0.3 is 0 Å². The molecule has 0 amide bonds. The molecule has 0 aliphatic heterocycles. The van der Waals surface area contributed by atoms with E-state index in [0.29, 0.717) is 41.3 Å². The van der Waals surface area contributed by atoms with Gasteiger partial charge in [0.2, 0.25) is 0 Å². The van der Waals surface area contributed by atoms with Gasteiger partial charge in [0.05, 0.1) is 30.8 Å². The quantitative estimate of drug-likeness (QED) is 0.320. The first kappa shape index (κ1) is 23.7. The lowest BCUT2D eigenvalue weighted by atomic mass is 9.95. The van der Waals surface area contributed by atoms with Crippen LogP contribution in [0.1, 0.15) is 44.6 Å². The van der Waals surface area contributed by atoms with Crippen LogP contribution in [0.4, 0.5) is 0 Å². The summed E-state index contributed by atoms with van der Waals surface area (Å²) in [7, 11) is 1.62.